The van der Waals surface area contributed by atoms with Crippen LogP contribution in [0.4, 0.5) is 0 Å². The van der Waals surface area contributed by atoms with Gasteiger partial charge in [-0.3, -0.25) is 0 Å². The van der Waals surface area contributed by atoms with Crippen LogP contribution >= 0.6 is 0 Å². The van der Waals surface area contributed by atoms with Crippen LogP contribution in [0.15, 0.2) is 5.16 Å². The number of nitrogens with zero attached hydrogens (tertiary/aromatic N) is 1. The summed E-state index contributed by atoms with van der Waals surface area (Å²) in [5.74, 6) is 0. The number of oxime groups is 1. The summed E-state index contributed by atoms with van der Waals surface area (Å²) in [6, 6.07) is 0.255. The highest BCUT2D eigenvalue weighted by atomic mass is 16.6. The van der Waals surface area contributed by atoms with Crippen molar-refractivity contribution in [2.24, 2.45) is 10.9 Å². The number of nitrogens with two attached hydrogens (primary N) is 1. The molecule has 0 spiro atoms. The fourth-order valence-corrected chi connectivity index (χ4v) is 0.770. The fourth-order valence-electron chi connectivity index (χ4n) is 0.770. The van der Waals surface area contributed by atoms with Gasteiger partial charge in [0.2, 0.25) is 0 Å². The van der Waals surface area contributed by atoms with Crippen molar-refractivity contribution in [3.05, 3.63) is 0 Å². The first-order valence-electron chi connectivity index (χ1n) is 2.92. The first-order chi connectivity index (χ1) is 4.38. The Hall–Kier alpha value is -0.610. The molecule has 0 saturated carbocycles. The quantitative estimate of drug-likeness (QED) is 0.466. The molecule has 1 rings (SSSR count). The molecule has 1 saturated heterocycles. The van der Waals surface area contributed by atoms with Crippen molar-refractivity contribution in [2.45, 2.75) is 6.04 Å². The largest absolute Gasteiger partial charge is 0.399 e. The summed E-state index contributed by atoms with van der Waals surface area (Å²) in [6.45, 7) is 1.41. The molecule has 0 radical (unpaired) electrons. The molecule has 9 heavy (non-hydrogen) atoms. The van der Waals surface area contributed by atoms with Crippen LogP contribution in [0, 0.1) is 0 Å². The van der Waals surface area contributed by atoms with E-state index in [-0.39, 0.29) is 6.04 Å². The van der Waals surface area contributed by atoms with Gasteiger partial charge >= 0.3 is 0 Å². The van der Waals surface area contributed by atoms with Gasteiger partial charge in [0.25, 0.3) is 0 Å². The molecule has 1 fully saturated rings. The van der Waals surface area contributed by atoms with Crippen molar-refractivity contribution in [1.82, 2.24) is 5.32 Å². The Morgan fingerprint density at radius 1 is 2.00 bits per heavy atom. The van der Waals surface area contributed by atoms with Crippen molar-refractivity contribution in [1.29, 1.82) is 0 Å². The minimum Gasteiger partial charge on any atom is -0.399 e. The van der Waals surface area contributed by atoms with Crippen molar-refractivity contribution < 1.29 is 4.84 Å². The van der Waals surface area contributed by atoms with Crippen LogP contribution in [0.25, 0.3) is 0 Å². The third-order valence-electron chi connectivity index (χ3n) is 1.38. The van der Waals surface area contributed by atoms with E-state index in [1.54, 1.807) is 7.11 Å². The van der Waals surface area contributed by atoms with Gasteiger partial charge in [0.05, 0.1) is 11.8 Å². The Bertz CT molecular complexity index is 121. The Balaban J connectivity index is 2.35. The number of hydrogen-bond acceptors (Lipinski definition) is 4. The average Bonchev–Trinajstić information content (AvgIpc) is 1.82. The Morgan fingerprint density at radius 3 is 3.11 bits per heavy atom. The molecule has 0 aromatic rings. The van der Waals surface area contributed by atoms with E-state index in [0.717, 1.165) is 12.3 Å². The summed E-state index contributed by atoms with van der Waals surface area (Å²) in [5.41, 5.74) is 6.37. The molecule has 1 aliphatic rings. The zero-order valence-corrected chi connectivity index (χ0v) is 5.42. The van der Waals surface area contributed by atoms with Crippen molar-refractivity contribution >= 4 is 5.71 Å². The fraction of sp³-hybridized carbons (Fsp3) is 0.800. The SMILES string of the molecule is CO/N=C1/CNC1CN. The van der Waals surface area contributed by atoms with E-state index in [9.17, 15) is 0 Å². The molecule has 4 nitrogen and oxygen atoms in total. The topological polar surface area (TPSA) is 59.6 Å². The van der Waals surface area contributed by atoms with Crippen molar-refractivity contribution in [3.8, 4) is 0 Å². The molecular formula is C5H11N3O. The standard InChI is InChI=1S/C5H11N3O/c1-9-8-5-3-7-4(5)2-6/h4,7H,2-3,6H2,1H3/b8-5-. The van der Waals surface area contributed by atoms with Gasteiger partial charge in [-0.2, -0.15) is 0 Å². The zero-order chi connectivity index (χ0) is 6.69. The van der Waals surface area contributed by atoms with Gasteiger partial charge in [0.15, 0.2) is 0 Å². The Labute approximate surface area is 54.0 Å². The first kappa shape index (κ1) is 6.51. The van der Waals surface area contributed by atoms with Gasteiger partial charge in [0.1, 0.15) is 7.11 Å². The van der Waals surface area contributed by atoms with E-state index in [2.05, 4.69) is 15.3 Å². The lowest BCUT2D eigenvalue weighted by Gasteiger charge is -2.27. The molecule has 1 unspecified atom stereocenters. The molecule has 4 heteroatoms. The van der Waals surface area contributed by atoms with Gasteiger partial charge in [-0.15, -0.1) is 0 Å². The monoisotopic (exact) mass is 129 g/mol. The molecule has 0 bridgehead atoms. The molecule has 0 amide bonds. The summed E-state index contributed by atoms with van der Waals surface area (Å²) >= 11 is 0. The molecule has 0 aliphatic carbocycles. The Morgan fingerprint density at radius 2 is 2.78 bits per heavy atom. The van der Waals surface area contributed by atoms with Gasteiger partial charge in [-0.05, 0) is 0 Å². The highest BCUT2D eigenvalue weighted by Gasteiger charge is 2.23. The van der Waals surface area contributed by atoms with Crippen molar-refractivity contribution in [3.63, 3.8) is 0 Å². The summed E-state index contributed by atoms with van der Waals surface area (Å²) in [4.78, 5) is 4.57. The summed E-state index contributed by atoms with van der Waals surface area (Å²) in [6.07, 6.45) is 0. The first-order valence-corrected chi connectivity index (χ1v) is 2.92. The summed E-state index contributed by atoms with van der Waals surface area (Å²) in [7, 11) is 1.54. The molecule has 1 atom stereocenters. The summed E-state index contributed by atoms with van der Waals surface area (Å²) in [5, 5.41) is 6.85. The normalized spacial score (nSPS) is 30.0. The molecule has 1 aliphatic heterocycles. The summed E-state index contributed by atoms with van der Waals surface area (Å²) < 4.78 is 0. The second kappa shape index (κ2) is 2.80. The number of rotatable bonds is 2. The van der Waals surface area contributed by atoms with Crippen LogP contribution in [0.1, 0.15) is 0 Å². The lowest BCUT2D eigenvalue weighted by Crippen LogP contribution is -2.57. The van der Waals surface area contributed by atoms with Gasteiger partial charge < -0.3 is 15.9 Å². The molecular weight excluding hydrogens is 118 g/mol. The zero-order valence-electron chi connectivity index (χ0n) is 5.42. The van der Waals surface area contributed by atoms with Crippen LogP contribution in [0.3, 0.4) is 0 Å². The highest BCUT2D eigenvalue weighted by Crippen LogP contribution is 1.97. The van der Waals surface area contributed by atoms with Crippen LogP contribution in [0.5, 0.6) is 0 Å². The van der Waals surface area contributed by atoms with Crippen LogP contribution in [0.2, 0.25) is 0 Å². The average molecular weight is 129 g/mol. The minimum atomic E-state index is 0.255. The van der Waals surface area contributed by atoms with E-state index in [1.807, 2.05) is 0 Å². The molecule has 0 aromatic heterocycles. The van der Waals surface area contributed by atoms with E-state index < -0.39 is 0 Å². The molecule has 3 N–H and O–H groups in total. The van der Waals surface area contributed by atoms with E-state index in [4.69, 9.17) is 5.73 Å². The predicted octanol–water partition coefficient (Wildman–Crippen LogP) is -1.08. The maximum absolute atomic E-state index is 5.36. The maximum atomic E-state index is 5.36. The molecule has 52 valence electrons. The maximum Gasteiger partial charge on any atom is 0.106 e. The Kier molecular flexibility index (Phi) is 2.02. The second-order valence-corrected chi connectivity index (χ2v) is 1.93. The van der Waals surface area contributed by atoms with Gasteiger partial charge in [-0.25, -0.2) is 0 Å². The second-order valence-electron chi connectivity index (χ2n) is 1.93. The lowest BCUT2D eigenvalue weighted by atomic mass is 10.1. The van der Waals surface area contributed by atoms with E-state index in [0.29, 0.717) is 6.54 Å². The third kappa shape index (κ3) is 1.20. The smallest absolute Gasteiger partial charge is 0.106 e. The predicted molar refractivity (Wildman–Crippen MR) is 35.3 cm³/mol. The van der Waals surface area contributed by atoms with Crippen LogP contribution in [-0.2, 0) is 4.84 Å². The minimum absolute atomic E-state index is 0.255. The third-order valence-corrected chi connectivity index (χ3v) is 1.38. The number of hydrogen-bond donors (Lipinski definition) is 2. The lowest BCUT2D eigenvalue weighted by molar-refractivity contribution is 0.208. The molecule has 0 aromatic carbocycles. The van der Waals surface area contributed by atoms with Gasteiger partial charge in [-0.1, -0.05) is 5.16 Å². The highest BCUT2D eigenvalue weighted by molar-refractivity contribution is 5.96. The van der Waals surface area contributed by atoms with Crippen LogP contribution in [-0.4, -0.2) is 32.0 Å². The van der Waals surface area contributed by atoms with E-state index in [1.165, 1.54) is 0 Å². The van der Waals surface area contributed by atoms with Crippen LogP contribution < -0.4 is 11.1 Å². The van der Waals surface area contributed by atoms with Crippen molar-refractivity contribution in [2.75, 3.05) is 20.2 Å². The number of nitrogens with one attached hydrogen (secondary N) is 1. The van der Waals surface area contributed by atoms with Gasteiger partial charge in [0, 0.05) is 13.1 Å². The molecule has 1 heterocycles. The van der Waals surface area contributed by atoms with E-state index >= 15 is 0 Å².